The average Bonchev–Trinajstić information content (AvgIpc) is 2.81. The van der Waals surface area contributed by atoms with Crippen molar-refractivity contribution in [3.05, 3.63) is 53.0 Å². The Kier molecular flexibility index (Phi) is 3.99. The molecule has 0 saturated heterocycles. The van der Waals surface area contributed by atoms with Gasteiger partial charge in [0.1, 0.15) is 17.2 Å². The van der Waals surface area contributed by atoms with Crippen molar-refractivity contribution >= 4 is 11.6 Å². The van der Waals surface area contributed by atoms with Gasteiger partial charge in [-0.2, -0.15) is 0 Å². The third-order valence-electron chi connectivity index (χ3n) is 2.67. The Morgan fingerprint density at radius 2 is 1.95 bits per heavy atom. The molecule has 5 nitrogen and oxygen atoms in total. The number of carbonyl (C=O) groups excluding carboxylic acids is 1. The molecule has 1 aromatic carbocycles. The summed E-state index contributed by atoms with van der Waals surface area (Å²) in [6.07, 6.45) is 0. The molecule has 7 heteroatoms. The Morgan fingerprint density at radius 1 is 1.30 bits per heavy atom. The monoisotopic (exact) mass is 281 g/mol. The highest BCUT2D eigenvalue weighted by molar-refractivity contribution is 5.94. The van der Waals surface area contributed by atoms with Crippen LogP contribution in [0.4, 0.5) is 14.5 Å². The maximum Gasteiger partial charge on any atom is 0.251 e. The normalized spacial score (nSPS) is 10.4. The molecule has 0 bridgehead atoms. The summed E-state index contributed by atoms with van der Waals surface area (Å²) < 4.78 is 32.2. The molecule has 0 saturated carbocycles. The molecule has 20 heavy (non-hydrogen) atoms. The minimum absolute atomic E-state index is 0.132. The van der Waals surface area contributed by atoms with Crippen molar-refractivity contribution in [3.8, 4) is 0 Å². The van der Waals surface area contributed by atoms with Crippen LogP contribution in [0.2, 0.25) is 0 Å². The lowest BCUT2D eigenvalue weighted by Gasteiger charge is -2.07. The van der Waals surface area contributed by atoms with E-state index < -0.39 is 23.2 Å². The first kappa shape index (κ1) is 14.0. The van der Waals surface area contributed by atoms with Crippen molar-refractivity contribution in [1.29, 1.82) is 0 Å². The average molecular weight is 281 g/mol. The number of hydrogen-bond acceptors (Lipinski definition) is 4. The maximum atomic E-state index is 13.5. The summed E-state index contributed by atoms with van der Waals surface area (Å²) in [7, 11) is 0. The van der Waals surface area contributed by atoms with E-state index in [1.165, 1.54) is 0 Å². The number of benzene rings is 1. The maximum absolute atomic E-state index is 13.5. The number of hydrazine groups is 1. The molecular weight excluding hydrogens is 268 g/mol. The van der Waals surface area contributed by atoms with Crippen molar-refractivity contribution in [2.45, 2.75) is 13.5 Å². The summed E-state index contributed by atoms with van der Waals surface area (Å²) in [6.45, 7) is 1.90. The third kappa shape index (κ3) is 2.94. The van der Waals surface area contributed by atoms with Crippen LogP contribution in [0.15, 0.2) is 28.7 Å². The van der Waals surface area contributed by atoms with Gasteiger partial charge >= 0.3 is 0 Å². The van der Waals surface area contributed by atoms with Crippen LogP contribution in [-0.4, -0.2) is 5.91 Å². The number of hydrogen-bond donors (Lipinski definition) is 3. The van der Waals surface area contributed by atoms with Gasteiger partial charge in [0, 0.05) is 5.56 Å². The van der Waals surface area contributed by atoms with Crippen LogP contribution in [0, 0.1) is 18.6 Å². The van der Waals surface area contributed by atoms with E-state index in [2.05, 4.69) is 5.32 Å². The van der Waals surface area contributed by atoms with Crippen LogP contribution in [0.5, 0.6) is 0 Å². The number of nitrogens with two attached hydrogens (primary N) is 1. The van der Waals surface area contributed by atoms with Gasteiger partial charge in [-0.25, -0.2) is 8.78 Å². The lowest BCUT2D eigenvalue weighted by molar-refractivity contribution is 0.0947. The van der Waals surface area contributed by atoms with Gasteiger partial charge in [-0.1, -0.05) is 0 Å². The molecule has 1 heterocycles. The standard InChI is InChI=1S/C13H13F2N3O2/c1-7-2-3-9(20-7)6-17-13(19)8-4-10(14)12(18-16)11(15)5-8/h2-5,18H,6,16H2,1H3,(H,17,19). The highest BCUT2D eigenvalue weighted by Gasteiger charge is 2.14. The summed E-state index contributed by atoms with van der Waals surface area (Å²) in [4.78, 5) is 11.8. The van der Waals surface area contributed by atoms with Crippen LogP contribution in [0.25, 0.3) is 0 Å². The Bertz CT molecular complexity index is 617. The van der Waals surface area contributed by atoms with Crippen molar-refractivity contribution in [2.24, 2.45) is 5.84 Å². The second kappa shape index (κ2) is 5.70. The largest absolute Gasteiger partial charge is 0.465 e. The number of nitrogens with one attached hydrogen (secondary N) is 2. The fourth-order valence-electron chi connectivity index (χ4n) is 1.69. The molecule has 1 amide bonds. The summed E-state index contributed by atoms with van der Waals surface area (Å²) >= 11 is 0. The van der Waals surface area contributed by atoms with Crippen molar-refractivity contribution < 1.29 is 18.0 Å². The fraction of sp³-hybridized carbons (Fsp3) is 0.154. The lowest BCUT2D eigenvalue weighted by Crippen LogP contribution is -2.23. The van der Waals surface area contributed by atoms with E-state index >= 15 is 0 Å². The van der Waals surface area contributed by atoms with Gasteiger partial charge in [0.15, 0.2) is 11.6 Å². The highest BCUT2D eigenvalue weighted by atomic mass is 19.1. The zero-order valence-corrected chi connectivity index (χ0v) is 10.7. The van der Waals surface area contributed by atoms with E-state index in [4.69, 9.17) is 10.3 Å². The number of aryl methyl sites for hydroxylation is 1. The lowest BCUT2D eigenvalue weighted by atomic mass is 10.1. The molecule has 0 radical (unpaired) electrons. The van der Waals surface area contributed by atoms with Crippen LogP contribution in [0.1, 0.15) is 21.9 Å². The fourth-order valence-corrected chi connectivity index (χ4v) is 1.69. The van der Waals surface area contributed by atoms with Gasteiger partial charge < -0.3 is 15.2 Å². The number of carbonyl (C=O) groups is 1. The first-order valence-corrected chi connectivity index (χ1v) is 5.80. The van der Waals surface area contributed by atoms with Crippen LogP contribution in [-0.2, 0) is 6.54 Å². The van der Waals surface area contributed by atoms with Gasteiger partial charge in [-0.15, -0.1) is 0 Å². The molecule has 0 fully saturated rings. The van der Waals surface area contributed by atoms with Crippen LogP contribution < -0.4 is 16.6 Å². The van der Waals surface area contributed by atoms with Crippen molar-refractivity contribution in [2.75, 3.05) is 5.43 Å². The van der Waals surface area contributed by atoms with E-state index in [1.54, 1.807) is 19.1 Å². The predicted octanol–water partition coefficient (Wildman–Crippen LogP) is 2.08. The Hall–Kier alpha value is -2.41. The molecule has 4 N–H and O–H groups in total. The molecular formula is C13H13F2N3O2. The van der Waals surface area contributed by atoms with Gasteiger partial charge in [0.25, 0.3) is 5.91 Å². The summed E-state index contributed by atoms with van der Waals surface area (Å²) in [5.74, 6) is 3.75. The predicted molar refractivity (Wildman–Crippen MR) is 68.8 cm³/mol. The summed E-state index contributed by atoms with van der Waals surface area (Å²) in [5.41, 5.74) is 1.27. The SMILES string of the molecule is Cc1ccc(CNC(=O)c2cc(F)c(NN)c(F)c2)o1. The summed E-state index contributed by atoms with van der Waals surface area (Å²) in [5, 5.41) is 2.50. The van der Waals surface area contributed by atoms with Crippen molar-refractivity contribution in [1.82, 2.24) is 5.32 Å². The number of amides is 1. The molecule has 0 aliphatic carbocycles. The number of nitrogen functional groups attached to an aromatic ring is 1. The van der Waals surface area contributed by atoms with E-state index in [0.29, 0.717) is 11.5 Å². The first-order valence-electron chi connectivity index (χ1n) is 5.80. The number of anilines is 1. The van der Waals surface area contributed by atoms with Crippen LogP contribution in [0.3, 0.4) is 0 Å². The van der Waals surface area contributed by atoms with E-state index in [1.807, 2.05) is 5.43 Å². The van der Waals surface area contributed by atoms with Crippen molar-refractivity contribution in [3.63, 3.8) is 0 Å². The van der Waals surface area contributed by atoms with E-state index in [-0.39, 0.29) is 12.1 Å². The molecule has 0 spiro atoms. The Balaban J connectivity index is 2.09. The van der Waals surface area contributed by atoms with Gasteiger partial charge in [0.05, 0.1) is 6.54 Å². The molecule has 0 aliphatic heterocycles. The zero-order valence-electron chi connectivity index (χ0n) is 10.7. The molecule has 106 valence electrons. The van der Waals surface area contributed by atoms with E-state index in [9.17, 15) is 13.6 Å². The number of furan rings is 1. The minimum Gasteiger partial charge on any atom is -0.465 e. The summed E-state index contributed by atoms with van der Waals surface area (Å²) in [6, 6.07) is 5.27. The third-order valence-corrected chi connectivity index (χ3v) is 2.67. The topological polar surface area (TPSA) is 80.3 Å². The Labute approximate surface area is 113 Å². The molecule has 2 rings (SSSR count). The number of rotatable bonds is 4. The highest BCUT2D eigenvalue weighted by Crippen LogP contribution is 2.19. The molecule has 0 atom stereocenters. The van der Waals surface area contributed by atoms with Gasteiger partial charge in [-0.05, 0) is 31.2 Å². The number of halogens is 2. The van der Waals surface area contributed by atoms with Gasteiger partial charge in [0.2, 0.25) is 0 Å². The molecule has 1 aromatic heterocycles. The van der Waals surface area contributed by atoms with E-state index in [0.717, 1.165) is 12.1 Å². The quantitative estimate of drug-likeness (QED) is 0.592. The second-order valence-corrected chi connectivity index (χ2v) is 4.15. The smallest absolute Gasteiger partial charge is 0.251 e. The van der Waals surface area contributed by atoms with Crippen LogP contribution >= 0.6 is 0 Å². The Morgan fingerprint density at radius 3 is 2.45 bits per heavy atom. The first-order chi connectivity index (χ1) is 9.51. The minimum atomic E-state index is -0.938. The second-order valence-electron chi connectivity index (χ2n) is 4.15. The molecule has 0 aliphatic rings. The molecule has 2 aromatic rings. The molecule has 0 unspecified atom stereocenters. The van der Waals surface area contributed by atoms with Gasteiger partial charge in [-0.3, -0.25) is 10.6 Å². The zero-order chi connectivity index (χ0) is 14.7.